The fraction of sp³-hybridized carbons (Fsp3) is 0.500. The van der Waals surface area contributed by atoms with E-state index < -0.39 is 6.10 Å². The Bertz CT molecular complexity index is 708. The quantitative estimate of drug-likeness (QED) is 0.860. The summed E-state index contributed by atoms with van der Waals surface area (Å²) in [4.78, 5) is 18.6. The number of likely N-dealkylation sites (tertiary alicyclic amines) is 1. The molecule has 0 aromatic carbocycles. The molecule has 134 valence electrons. The number of hydrogen-bond donors (Lipinski definition) is 2. The second kappa shape index (κ2) is 7.76. The van der Waals surface area contributed by atoms with Gasteiger partial charge in [-0.15, -0.1) is 0 Å². The summed E-state index contributed by atoms with van der Waals surface area (Å²) < 4.78 is 1.74. The number of pyridine rings is 1. The number of anilines is 1. The second-order valence-electron chi connectivity index (χ2n) is 6.63. The Labute approximate surface area is 147 Å². The van der Waals surface area contributed by atoms with Gasteiger partial charge in [0.2, 0.25) is 5.91 Å². The van der Waals surface area contributed by atoms with Crippen molar-refractivity contribution < 1.29 is 9.90 Å². The van der Waals surface area contributed by atoms with Crippen LogP contribution in [0.5, 0.6) is 0 Å². The van der Waals surface area contributed by atoms with Gasteiger partial charge in [0.1, 0.15) is 0 Å². The molecule has 7 nitrogen and oxygen atoms in total. The Morgan fingerprint density at radius 1 is 1.40 bits per heavy atom. The Morgan fingerprint density at radius 2 is 2.16 bits per heavy atom. The van der Waals surface area contributed by atoms with Crippen LogP contribution in [0.15, 0.2) is 30.6 Å². The monoisotopic (exact) mass is 343 g/mol. The molecule has 3 heterocycles. The van der Waals surface area contributed by atoms with Crippen LogP contribution in [0.2, 0.25) is 0 Å². The van der Waals surface area contributed by atoms with Crippen LogP contribution < -0.4 is 5.32 Å². The molecule has 7 heteroatoms. The Hall–Kier alpha value is -2.25. The van der Waals surface area contributed by atoms with E-state index in [0.717, 1.165) is 43.0 Å². The molecule has 0 spiro atoms. The van der Waals surface area contributed by atoms with E-state index in [4.69, 9.17) is 0 Å². The Kier molecular flexibility index (Phi) is 5.45. The lowest BCUT2D eigenvalue weighted by Gasteiger charge is -2.33. The number of nitrogens with one attached hydrogen (secondary N) is 1. The first-order valence-electron chi connectivity index (χ1n) is 8.64. The number of carbonyl (C=O) groups excluding carboxylic acids is 1. The molecule has 0 saturated carbocycles. The molecule has 3 rings (SSSR count). The molecule has 1 amide bonds. The number of aromatic nitrogens is 3. The topological polar surface area (TPSA) is 83.3 Å². The minimum atomic E-state index is -0.532. The SMILES string of the molecule is Cc1c(NC(=O)CN2CCC(C(O)c3ccccn3)CC2)cnn1C. The van der Waals surface area contributed by atoms with Crippen LogP contribution in [0.3, 0.4) is 0 Å². The lowest BCUT2D eigenvalue weighted by molar-refractivity contribution is -0.117. The number of carbonyl (C=O) groups is 1. The van der Waals surface area contributed by atoms with E-state index in [-0.39, 0.29) is 11.8 Å². The number of amides is 1. The average molecular weight is 343 g/mol. The maximum atomic E-state index is 12.2. The highest BCUT2D eigenvalue weighted by Gasteiger charge is 2.27. The third-order valence-electron chi connectivity index (χ3n) is 4.95. The fourth-order valence-electron chi connectivity index (χ4n) is 3.23. The molecule has 1 saturated heterocycles. The van der Waals surface area contributed by atoms with Gasteiger partial charge in [-0.3, -0.25) is 19.4 Å². The van der Waals surface area contributed by atoms with E-state index in [2.05, 4.69) is 20.3 Å². The maximum Gasteiger partial charge on any atom is 0.238 e. The van der Waals surface area contributed by atoms with Crippen molar-refractivity contribution in [2.45, 2.75) is 25.9 Å². The molecule has 1 atom stereocenters. The zero-order valence-corrected chi connectivity index (χ0v) is 14.7. The van der Waals surface area contributed by atoms with Crippen LogP contribution in [0, 0.1) is 12.8 Å². The summed E-state index contributed by atoms with van der Waals surface area (Å²) in [6, 6.07) is 5.60. The van der Waals surface area contributed by atoms with Crippen molar-refractivity contribution in [3.63, 3.8) is 0 Å². The number of aryl methyl sites for hydroxylation is 1. The molecule has 2 aromatic rings. The van der Waals surface area contributed by atoms with Gasteiger partial charge in [-0.2, -0.15) is 5.10 Å². The normalized spacial score (nSPS) is 17.4. The molecular formula is C18H25N5O2. The summed E-state index contributed by atoms with van der Waals surface area (Å²) in [5, 5.41) is 17.5. The van der Waals surface area contributed by atoms with E-state index in [0.29, 0.717) is 6.54 Å². The van der Waals surface area contributed by atoms with E-state index in [1.165, 1.54) is 0 Å². The van der Waals surface area contributed by atoms with Crippen molar-refractivity contribution >= 4 is 11.6 Å². The molecule has 2 N–H and O–H groups in total. The number of aliphatic hydroxyl groups excluding tert-OH is 1. The van der Waals surface area contributed by atoms with Gasteiger partial charge in [-0.05, 0) is 50.9 Å². The second-order valence-corrected chi connectivity index (χ2v) is 6.63. The third kappa shape index (κ3) is 4.24. The summed E-state index contributed by atoms with van der Waals surface area (Å²) >= 11 is 0. The summed E-state index contributed by atoms with van der Waals surface area (Å²) in [5.74, 6) is 0.162. The van der Waals surface area contributed by atoms with Gasteiger partial charge in [-0.25, -0.2) is 0 Å². The number of rotatable bonds is 5. The standard InChI is InChI=1S/C18H25N5O2/c1-13-16(11-20-22(13)2)21-17(24)12-23-9-6-14(7-10-23)18(25)15-5-3-4-8-19-15/h3-5,8,11,14,18,25H,6-7,9-10,12H2,1-2H3,(H,21,24). The Balaban J connectivity index is 1.47. The first kappa shape index (κ1) is 17.6. The highest BCUT2D eigenvalue weighted by Crippen LogP contribution is 2.29. The fourth-order valence-corrected chi connectivity index (χ4v) is 3.23. The zero-order valence-electron chi connectivity index (χ0n) is 14.7. The van der Waals surface area contributed by atoms with Gasteiger partial charge in [0.05, 0.1) is 35.9 Å². The number of aliphatic hydroxyl groups is 1. The first-order valence-corrected chi connectivity index (χ1v) is 8.64. The van der Waals surface area contributed by atoms with E-state index in [1.807, 2.05) is 32.2 Å². The van der Waals surface area contributed by atoms with Crippen LogP contribution in [0.4, 0.5) is 5.69 Å². The van der Waals surface area contributed by atoms with Gasteiger partial charge < -0.3 is 10.4 Å². The molecule has 1 aliphatic rings. The largest absolute Gasteiger partial charge is 0.387 e. The molecule has 0 aliphatic carbocycles. The summed E-state index contributed by atoms with van der Waals surface area (Å²) in [6.07, 6.45) is 4.56. The van der Waals surface area contributed by atoms with Crippen molar-refractivity contribution in [2.75, 3.05) is 25.0 Å². The number of hydrogen-bond acceptors (Lipinski definition) is 5. The predicted molar refractivity (Wildman–Crippen MR) is 94.9 cm³/mol. The van der Waals surface area contributed by atoms with Gasteiger partial charge in [0.15, 0.2) is 0 Å². The van der Waals surface area contributed by atoms with Gasteiger partial charge >= 0.3 is 0 Å². The van der Waals surface area contributed by atoms with Crippen LogP contribution in [-0.4, -0.2) is 50.3 Å². The highest BCUT2D eigenvalue weighted by atomic mass is 16.3. The molecule has 1 aliphatic heterocycles. The van der Waals surface area contributed by atoms with E-state index in [9.17, 15) is 9.90 Å². The van der Waals surface area contributed by atoms with Crippen molar-refractivity contribution in [1.29, 1.82) is 0 Å². The predicted octanol–water partition coefficient (Wildman–Crippen LogP) is 1.51. The minimum absolute atomic E-state index is 0.0279. The zero-order chi connectivity index (χ0) is 17.8. The summed E-state index contributed by atoms with van der Waals surface area (Å²) in [6.45, 7) is 3.88. The number of piperidine rings is 1. The van der Waals surface area contributed by atoms with Crippen LogP contribution in [0.1, 0.15) is 30.3 Å². The van der Waals surface area contributed by atoms with E-state index in [1.54, 1.807) is 17.1 Å². The lowest BCUT2D eigenvalue weighted by atomic mass is 9.89. The molecule has 1 fully saturated rings. The lowest BCUT2D eigenvalue weighted by Crippen LogP contribution is -2.40. The van der Waals surface area contributed by atoms with E-state index >= 15 is 0 Å². The van der Waals surface area contributed by atoms with Crippen LogP contribution in [-0.2, 0) is 11.8 Å². The molecule has 0 radical (unpaired) electrons. The Morgan fingerprint density at radius 3 is 2.76 bits per heavy atom. The summed E-state index contributed by atoms with van der Waals surface area (Å²) in [7, 11) is 1.85. The van der Waals surface area contributed by atoms with Crippen LogP contribution in [0.25, 0.3) is 0 Å². The third-order valence-corrected chi connectivity index (χ3v) is 4.95. The van der Waals surface area contributed by atoms with Crippen molar-refractivity contribution in [1.82, 2.24) is 19.7 Å². The molecular weight excluding hydrogens is 318 g/mol. The average Bonchev–Trinajstić information content (AvgIpc) is 2.94. The van der Waals surface area contributed by atoms with Gasteiger partial charge in [-0.1, -0.05) is 6.07 Å². The van der Waals surface area contributed by atoms with Crippen molar-refractivity contribution in [2.24, 2.45) is 13.0 Å². The van der Waals surface area contributed by atoms with Crippen LogP contribution >= 0.6 is 0 Å². The minimum Gasteiger partial charge on any atom is -0.387 e. The number of nitrogens with zero attached hydrogens (tertiary/aromatic N) is 4. The summed E-state index contributed by atoms with van der Waals surface area (Å²) in [5.41, 5.74) is 2.42. The smallest absolute Gasteiger partial charge is 0.238 e. The van der Waals surface area contributed by atoms with Crippen molar-refractivity contribution in [3.05, 3.63) is 42.0 Å². The first-order chi connectivity index (χ1) is 12.0. The molecule has 0 bridgehead atoms. The molecule has 1 unspecified atom stereocenters. The van der Waals surface area contributed by atoms with Gasteiger partial charge in [0, 0.05) is 13.2 Å². The van der Waals surface area contributed by atoms with Crippen molar-refractivity contribution in [3.8, 4) is 0 Å². The molecule has 2 aromatic heterocycles. The van der Waals surface area contributed by atoms with Gasteiger partial charge in [0.25, 0.3) is 0 Å². The maximum absolute atomic E-state index is 12.2. The highest BCUT2D eigenvalue weighted by molar-refractivity contribution is 5.92. The molecule has 25 heavy (non-hydrogen) atoms.